The maximum Gasteiger partial charge on any atom is 0.000984 e. The molecule has 1 rings (SSSR count). The van der Waals surface area contributed by atoms with Gasteiger partial charge in [0.15, 0.2) is 0 Å². The first-order valence-corrected chi connectivity index (χ1v) is 5.52. The van der Waals surface area contributed by atoms with Gasteiger partial charge < -0.3 is 10.6 Å². The molecule has 1 fully saturated rings. The van der Waals surface area contributed by atoms with Crippen LogP contribution in [0.1, 0.15) is 26.7 Å². The van der Waals surface area contributed by atoms with Crippen LogP contribution in [0.15, 0.2) is 0 Å². The van der Waals surface area contributed by atoms with Crippen LogP contribution in [-0.2, 0) is 0 Å². The molecule has 1 aliphatic rings. The number of hydrogen-bond acceptors (Lipinski definition) is 2. The van der Waals surface area contributed by atoms with Gasteiger partial charge in [0.2, 0.25) is 0 Å². The van der Waals surface area contributed by atoms with E-state index >= 15 is 0 Å². The minimum absolute atomic E-state index is 0.776. The molecule has 2 atom stereocenters. The van der Waals surface area contributed by atoms with Crippen molar-refractivity contribution in [3.8, 4) is 0 Å². The topological polar surface area (TPSA) is 29.3 Å². The standard InChI is InChI=1S/C11H24N2/c1-9(2)6-11-8-13(3)5-4-10(11)7-12/h9-11H,4-8,12H2,1-3H3. The fourth-order valence-electron chi connectivity index (χ4n) is 2.45. The number of likely N-dealkylation sites (tertiary alicyclic amines) is 1. The predicted molar refractivity (Wildman–Crippen MR) is 57.6 cm³/mol. The van der Waals surface area contributed by atoms with Crippen molar-refractivity contribution in [2.24, 2.45) is 23.5 Å². The molecule has 0 aliphatic carbocycles. The average Bonchev–Trinajstić information content (AvgIpc) is 2.03. The molecule has 0 aromatic heterocycles. The van der Waals surface area contributed by atoms with Gasteiger partial charge in [-0.05, 0) is 50.7 Å². The highest BCUT2D eigenvalue weighted by Gasteiger charge is 2.26. The average molecular weight is 184 g/mol. The number of piperidine rings is 1. The molecule has 0 spiro atoms. The lowest BCUT2D eigenvalue weighted by atomic mass is 9.80. The molecular weight excluding hydrogens is 160 g/mol. The highest BCUT2D eigenvalue weighted by atomic mass is 15.1. The Bertz CT molecular complexity index is 143. The van der Waals surface area contributed by atoms with Crippen molar-refractivity contribution in [2.45, 2.75) is 26.7 Å². The van der Waals surface area contributed by atoms with Gasteiger partial charge in [-0.1, -0.05) is 13.8 Å². The van der Waals surface area contributed by atoms with E-state index in [0.29, 0.717) is 0 Å². The Morgan fingerprint density at radius 1 is 1.38 bits per heavy atom. The van der Waals surface area contributed by atoms with Gasteiger partial charge >= 0.3 is 0 Å². The van der Waals surface area contributed by atoms with Crippen LogP contribution in [0.4, 0.5) is 0 Å². The Labute approximate surface area is 82.5 Å². The zero-order valence-electron chi connectivity index (χ0n) is 9.29. The van der Waals surface area contributed by atoms with Crippen molar-refractivity contribution < 1.29 is 0 Å². The monoisotopic (exact) mass is 184 g/mol. The molecule has 1 aliphatic heterocycles. The van der Waals surface area contributed by atoms with Crippen LogP contribution in [0.5, 0.6) is 0 Å². The smallest absolute Gasteiger partial charge is 0.000984 e. The molecule has 0 bridgehead atoms. The zero-order valence-corrected chi connectivity index (χ0v) is 9.29. The van der Waals surface area contributed by atoms with E-state index in [9.17, 15) is 0 Å². The SMILES string of the molecule is CC(C)CC1CN(C)CCC1CN. The normalized spacial score (nSPS) is 31.2. The Balaban J connectivity index is 2.44. The quantitative estimate of drug-likeness (QED) is 0.721. The first-order valence-electron chi connectivity index (χ1n) is 5.52. The summed E-state index contributed by atoms with van der Waals surface area (Å²) < 4.78 is 0. The first kappa shape index (κ1) is 11.0. The Morgan fingerprint density at radius 2 is 2.08 bits per heavy atom. The van der Waals surface area contributed by atoms with Crippen LogP contribution in [0, 0.1) is 17.8 Å². The summed E-state index contributed by atoms with van der Waals surface area (Å²) in [6, 6.07) is 0. The fraction of sp³-hybridized carbons (Fsp3) is 1.00. The highest BCUT2D eigenvalue weighted by molar-refractivity contribution is 4.80. The van der Waals surface area contributed by atoms with Gasteiger partial charge in [-0.25, -0.2) is 0 Å². The minimum atomic E-state index is 0.776. The Kier molecular flexibility index (Phi) is 4.20. The van der Waals surface area contributed by atoms with E-state index in [1.54, 1.807) is 0 Å². The van der Waals surface area contributed by atoms with E-state index < -0.39 is 0 Å². The minimum Gasteiger partial charge on any atom is -0.330 e. The van der Waals surface area contributed by atoms with Crippen LogP contribution in [-0.4, -0.2) is 31.6 Å². The van der Waals surface area contributed by atoms with Crippen molar-refractivity contribution in [3.05, 3.63) is 0 Å². The number of rotatable bonds is 3. The summed E-state index contributed by atoms with van der Waals surface area (Å²) in [6.45, 7) is 7.98. The molecule has 0 saturated carbocycles. The number of hydrogen-bond donors (Lipinski definition) is 1. The van der Waals surface area contributed by atoms with E-state index in [4.69, 9.17) is 5.73 Å². The van der Waals surface area contributed by atoms with Crippen molar-refractivity contribution in [3.63, 3.8) is 0 Å². The summed E-state index contributed by atoms with van der Waals surface area (Å²) in [6.07, 6.45) is 2.64. The second kappa shape index (κ2) is 4.97. The van der Waals surface area contributed by atoms with Crippen LogP contribution in [0.3, 0.4) is 0 Å². The summed E-state index contributed by atoms with van der Waals surface area (Å²) in [5.41, 5.74) is 5.80. The lowest BCUT2D eigenvalue weighted by molar-refractivity contribution is 0.129. The van der Waals surface area contributed by atoms with Gasteiger partial charge in [-0.15, -0.1) is 0 Å². The van der Waals surface area contributed by atoms with Crippen LogP contribution in [0.2, 0.25) is 0 Å². The maximum absolute atomic E-state index is 5.80. The molecule has 0 radical (unpaired) electrons. The molecular formula is C11H24N2. The molecule has 0 aromatic carbocycles. The molecule has 1 saturated heterocycles. The van der Waals surface area contributed by atoms with E-state index in [1.165, 1.54) is 25.9 Å². The molecule has 0 aromatic rings. The van der Waals surface area contributed by atoms with E-state index in [-0.39, 0.29) is 0 Å². The lowest BCUT2D eigenvalue weighted by Gasteiger charge is -2.37. The van der Waals surface area contributed by atoms with E-state index in [2.05, 4.69) is 25.8 Å². The van der Waals surface area contributed by atoms with Crippen molar-refractivity contribution in [2.75, 3.05) is 26.7 Å². The van der Waals surface area contributed by atoms with E-state index in [0.717, 1.165) is 24.3 Å². The third-order valence-electron chi connectivity index (χ3n) is 3.17. The molecule has 1 heterocycles. The van der Waals surface area contributed by atoms with Gasteiger partial charge in [0, 0.05) is 6.54 Å². The van der Waals surface area contributed by atoms with Gasteiger partial charge in [0.05, 0.1) is 0 Å². The van der Waals surface area contributed by atoms with Crippen molar-refractivity contribution >= 4 is 0 Å². The number of nitrogens with zero attached hydrogens (tertiary/aromatic N) is 1. The first-order chi connectivity index (χ1) is 6.13. The lowest BCUT2D eigenvalue weighted by Crippen LogP contribution is -2.41. The zero-order chi connectivity index (χ0) is 9.84. The summed E-state index contributed by atoms with van der Waals surface area (Å²) >= 11 is 0. The molecule has 13 heavy (non-hydrogen) atoms. The Hall–Kier alpha value is -0.0800. The molecule has 2 nitrogen and oxygen atoms in total. The maximum atomic E-state index is 5.80. The highest BCUT2D eigenvalue weighted by Crippen LogP contribution is 2.27. The second-order valence-electron chi connectivity index (χ2n) is 4.94. The number of nitrogens with two attached hydrogens (primary N) is 1. The largest absolute Gasteiger partial charge is 0.330 e. The third kappa shape index (κ3) is 3.28. The summed E-state index contributed by atoms with van der Waals surface area (Å²) in [5, 5.41) is 0. The van der Waals surface area contributed by atoms with Gasteiger partial charge in [0.1, 0.15) is 0 Å². The fourth-order valence-corrected chi connectivity index (χ4v) is 2.45. The van der Waals surface area contributed by atoms with Crippen LogP contribution >= 0.6 is 0 Å². The molecule has 0 amide bonds. The second-order valence-corrected chi connectivity index (χ2v) is 4.94. The van der Waals surface area contributed by atoms with E-state index in [1.807, 2.05) is 0 Å². The van der Waals surface area contributed by atoms with Crippen molar-refractivity contribution in [1.29, 1.82) is 0 Å². The summed E-state index contributed by atoms with van der Waals surface area (Å²) in [5.74, 6) is 2.42. The predicted octanol–water partition coefficient (Wildman–Crippen LogP) is 1.56. The Morgan fingerprint density at radius 3 is 2.62 bits per heavy atom. The van der Waals surface area contributed by atoms with Gasteiger partial charge in [-0.3, -0.25) is 0 Å². The molecule has 2 unspecified atom stereocenters. The van der Waals surface area contributed by atoms with Crippen LogP contribution < -0.4 is 5.73 Å². The van der Waals surface area contributed by atoms with Crippen molar-refractivity contribution in [1.82, 2.24) is 4.90 Å². The van der Waals surface area contributed by atoms with Gasteiger partial charge in [0.25, 0.3) is 0 Å². The summed E-state index contributed by atoms with van der Waals surface area (Å²) in [7, 11) is 2.22. The molecule has 78 valence electrons. The molecule has 2 N–H and O–H groups in total. The van der Waals surface area contributed by atoms with Gasteiger partial charge in [-0.2, -0.15) is 0 Å². The molecule has 2 heteroatoms. The summed E-state index contributed by atoms with van der Waals surface area (Å²) in [4.78, 5) is 2.44. The third-order valence-corrected chi connectivity index (χ3v) is 3.17. The van der Waals surface area contributed by atoms with Crippen LogP contribution in [0.25, 0.3) is 0 Å².